The molecular formula is C96H165NO8. The normalized spacial score (nSPS) is 13.3. The first-order valence-corrected chi connectivity index (χ1v) is 44.0. The highest BCUT2D eigenvalue weighted by Crippen LogP contribution is 2.19. The number of esters is 2. The van der Waals surface area contributed by atoms with Crippen LogP contribution in [0.15, 0.2) is 146 Å². The molecule has 105 heavy (non-hydrogen) atoms. The molecule has 2 atom stereocenters. The Morgan fingerprint density at radius 1 is 0.286 bits per heavy atom. The topological polar surface area (TPSA) is 111 Å². The van der Waals surface area contributed by atoms with Crippen molar-refractivity contribution >= 4 is 17.9 Å². The summed E-state index contributed by atoms with van der Waals surface area (Å²) in [6.07, 6.45) is 121. The van der Waals surface area contributed by atoms with Crippen LogP contribution in [0.4, 0.5) is 0 Å². The van der Waals surface area contributed by atoms with Crippen molar-refractivity contribution in [1.82, 2.24) is 0 Å². The van der Waals surface area contributed by atoms with Gasteiger partial charge in [0.05, 0.1) is 40.3 Å². The van der Waals surface area contributed by atoms with Crippen molar-refractivity contribution < 1.29 is 42.9 Å². The number of aliphatic carboxylic acids is 1. The number of likely N-dealkylation sites (N-methyl/N-ethyl adjacent to an activating group) is 1. The summed E-state index contributed by atoms with van der Waals surface area (Å²) in [6.45, 7) is 4.56. The molecule has 0 aromatic rings. The molecule has 0 aliphatic rings. The Balaban J connectivity index is 3.96. The summed E-state index contributed by atoms with van der Waals surface area (Å²) in [5.74, 6) is -2.26. The van der Waals surface area contributed by atoms with Crippen LogP contribution in [0.2, 0.25) is 0 Å². The SMILES string of the molecule is CC/C=C\C/C=C\C/C=C\C/C=C\C/C=C\C/C=C\C/C=C\CCCCCCCCCCCCCCCCCCCC(=O)OC(COC(=O)CCCCCCCCCCCCCCCCCCCCCCCCCCC/C=C\C/C=C\C/C=C\C/C=C\C/C=C\CC)COC(OCC[N+](C)(C)C)C(=O)[O-]. The number of rotatable bonds is 81. The molecule has 602 valence electrons. The average molecular weight is 1460 g/mol. The molecule has 0 aliphatic carbocycles. The lowest BCUT2D eigenvalue weighted by Crippen LogP contribution is -2.44. The monoisotopic (exact) mass is 1460 g/mol. The van der Waals surface area contributed by atoms with E-state index in [1.807, 2.05) is 21.1 Å². The van der Waals surface area contributed by atoms with Crippen LogP contribution in [-0.4, -0.2) is 82.3 Å². The van der Waals surface area contributed by atoms with E-state index in [-0.39, 0.29) is 32.2 Å². The summed E-state index contributed by atoms with van der Waals surface area (Å²) < 4.78 is 22.9. The molecule has 0 radical (unpaired) electrons. The molecule has 0 aromatic carbocycles. The van der Waals surface area contributed by atoms with E-state index in [4.69, 9.17) is 18.9 Å². The molecule has 2 unspecified atom stereocenters. The van der Waals surface area contributed by atoms with E-state index in [1.54, 1.807) is 0 Å². The van der Waals surface area contributed by atoms with Gasteiger partial charge in [0, 0.05) is 12.8 Å². The first-order chi connectivity index (χ1) is 51.6. The van der Waals surface area contributed by atoms with Gasteiger partial charge in [0.25, 0.3) is 0 Å². The number of nitrogens with zero attached hydrogens (tertiary/aromatic N) is 1. The molecule has 0 rings (SSSR count). The number of carbonyl (C=O) groups is 3. The lowest BCUT2D eigenvalue weighted by atomic mass is 10.0. The van der Waals surface area contributed by atoms with Gasteiger partial charge in [-0.15, -0.1) is 0 Å². The van der Waals surface area contributed by atoms with Crippen LogP contribution in [0.25, 0.3) is 0 Å². The van der Waals surface area contributed by atoms with Crippen LogP contribution in [-0.2, 0) is 33.3 Å². The largest absolute Gasteiger partial charge is 0.545 e. The van der Waals surface area contributed by atoms with E-state index in [2.05, 4.69) is 160 Å². The van der Waals surface area contributed by atoms with Gasteiger partial charge in [-0.05, 0) is 116 Å². The minimum atomic E-state index is -1.63. The molecule has 0 aliphatic heterocycles. The molecule has 0 N–H and O–H groups in total. The zero-order valence-electron chi connectivity index (χ0n) is 69.1. The molecule has 0 spiro atoms. The van der Waals surface area contributed by atoms with Crippen molar-refractivity contribution in [1.29, 1.82) is 0 Å². The van der Waals surface area contributed by atoms with Crippen LogP contribution in [0.5, 0.6) is 0 Å². The standard InChI is InChI=1S/C96H165NO8/c1-6-8-10-12-14-16-18-20-22-24-26-28-30-32-34-36-38-40-42-44-46-47-49-50-52-54-56-58-60-62-64-66-68-70-72-74-76-78-80-82-84-86-93(98)103-90-92(91-104-96(95(100)101)102-89-88-97(3,4)5)105-94(99)87-85-83-81-79-77-75-73-71-69-67-65-63-61-59-57-55-53-51-48-45-43-41-39-37-35-33-31-29-27-25-23-21-19-17-15-13-11-9-7-2/h8-11,14-17,20-23,26-29,32-35,39,41,45,48,92,96H,6-7,12-13,18-19,24-25,30-31,36-38,40,42-44,46-47,49-91H2,1-5H3/b10-8-,11-9-,16-14-,17-15-,22-20-,23-21-,28-26-,29-27-,34-32-,35-33-,41-39-,48-45-. The number of hydrogen-bond acceptors (Lipinski definition) is 8. The van der Waals surface area contributed by atoms with Gasteiger partial charge in [-0.25, -0.2) is 0 Å². The van der Waals surface area contributed by atoms with E-state index in [9.17, 15) is 19.5 Å². The summed E-state index contributed by atoms with van der Waals surface area (Å²) in [5, 5.41) is 11.9. The van der Waals surface area contributed by atoms with Crippen LogP contribution < -0.4 is 5.11 Å². The molecule has 9 heteroatoms. The Morgan fingerprint density at radius 2 is 0.514 bits per heavy atom. The van der Waals surface area contributed by atoms with Crippen molar-refractivity contribution in [3.8, 4) is 0 Å². The fourth-order valence-corrected chi connectivity index (χ4v) is 12.5. The quantitative estimate of drug-likeness (QED) is 0.0195. The summed E-state index contributed by atoms with van der Waals surface area (Å²) in [7, 11) is 5.95. The second-order valence-electron chi connectivity index (χ2n) is 30.4. The maximum Gasteiger partial charge on any atom is 0.306 e. The molecule has 0 fully saturated rings. The highest BCUT2D eigenvalue weighted by molar-refractivity contribution is 5.70. The Hall–Kier alpha value is -4.83. The summed E-state index contributed by atoms with van der Waals surface area (Å²) in [4.78, 5) is 37.7. The lowest BCUT2D eigenvalue weighted by molar-refractivity contribution is -0.870. The Kier molecular flexibility index (Phi) is 80.9. The van der Waals surface area contributed by atoms with Gasteiger partial charge in [-0.2, -0.15) is 0 Å². The first-order valence-electron chi connectivity index (χ1n) is 44.0. The predicted octanol–water partition coefficient (Wildman–Crippen LogP) is 27.6. The number of ether oxygens (including phenoxy) is 4. The predicted molar refractivity (Wildman–Crippen MR) is 453 cm³/mol. The van der Waals surface area contributed by atoms with E-state index in [0.29, 0.717) is 23.9 Å². The van der Waals surface area contributed by atoms with Crippen molar-refractivity contribution in [3.05, 3.63) is 146 Å². The van der Waals surface area contributed by atoms with Gasteiger partial charge in [0.15, 0.2) is 12.4 Å². The third kappa shape index (κ3) is 86.3. The number of carbonyl (C=O) groups excluding carboxylic acids is 3. The van der Waals surface area contributed by atoms with Crippen LogP contribution in [0.1, 0.15) is 386 Å². The second kappa shape index (κ2) is 84.8. The fraction of sp³-hybridized carbons (Fsp3) is 0.719. The molecule has 0 heterocycles. The number of carboxylic acids is 1. The molecule has 0 aromatic heterocycles. The zero-order chi connectivity index (χ0) is 76.0. The van der Waals surface area contributed by atoms with Gasteiger partial charge >= 0.3 is 11.9 Å². The van der Waals surface area contributed by atoms with E-state index < -0.39 is 24.3 Å². The van der Waals surface area contributed by atoms with Gasteiger partial charge in [0.2, 0.25) is 0 Å². The van der Waals surface area contributed by atoms with E-state index >= 15 is 0 Å². The Bertz CT molecular complexity index is 2250. The minimum Gasteiger partial charge on any atom is -0.545 e. The number of allylic oxidation sites excluding steroid dienone is 24. The Labute approximate surface area is 649 Å². The van der Waals surface area contributed by atoms with Crippen molar-refractivity contribution in [2.45, 2.75) is 399 Å². The summed E-state index contributed by atoms with van der Waals surface area (Å²) in [6, 6.07) is 0. The van der Waals surface area contributed by atoms with Crippen LogP contribution >= 0.6 is 0 Å². The molecule has 0 saturated heterocycles. The lowest BCUT2D eigenvalue weighted by Gasteiger charge is -2.26. The zero-order valence-corrected chi connectivity index (χ0v) is 69.1. The number of quaternary nitrogens is 1. The van der Waals surface area contributed by atoms with Gasteiger partial charge in [0.1, 0.15) is 13.2 Å². The first kappa shape index (κ1) is 100. The number of hydrogen-bond donors (Lipinski definition) is 0. The number of unbranched alkanes of at least 4 members (excludes halogenated alkanes) is 42. The fourth-order valence-electron chi connectivity index (χ4n) is 12.5. The minimum absolute atomic E-state index is 0.146. The second-order valence-corrected chi connectivity index (χ2v) is 30.4. The summed E-state index contributed by atoms with van der Waals surface area (Å²) in [5.41, 5.74) is 0. The van der Waals surface area contributed by atoms with Crippen LogP contribution in [0, 0.1) is 0 Å². The molecule has 0 saturated carbocycles. The summed E-state index contributed by atoms with van der Waals surface area (Å²) >= 11 is 0. The molecule has 0 amide bonds. The van der Waals surface area contributed by atoms with E-state index in [1.165, 1.54) is 238 Å². The van der Waals surface area contributed by atoms with E-state index in [0.717, 1.165) is 116 Å². The molecule has 9 nitrogen and oxygen atoms in total. The van der Waals surface area contributed by atoms with Gasteiger partial charge in [-0.1, -0.05) is 404 Å². The maximum absolute atomic E-state index is 13.0. The third-order valence-corrected chi connectivity index (χ3v) is 19.1. The smallest absolute Gasteiger partial charge is 0.306 e. The molecular weight excluding hydrogens is 1300 g/mol. The van der Waals surface area contributed by atoms with Crippen molar-refractivity contribution in [2.24, 2.45) is 0 Å². The Morgan fingerprint density at radius 3 is 0.762 bits per heavy atom. The highest BCUT2D eigenvalue weighted by Gasteiger charge is 2.22. The van der Waals surface area contributed by atoms with Gasteiger partial charge in [-0.3, -0.25) is 9.59 Å². The van der Waals surface area contributed by atoms with Crippen molar-refractivity contribution in [3.63, 3.8) is 0 Å². The van der Waals surface area contributed by atoms with Crippen LogP contribution in [0.3, 0.4) is 0 Å². The average Bonchev–Trinajstić information content (AvgIpc) is 1.97. The molecule has 0 bridgehead atoms. The van der Waals surface area contributed by atoms with Crippen molar-refractivity contribution in [2.75, 3.05) is 47.5 Å². The van der Waals surface area contributed by atoms with Gasteiger partial charge < -0.3 is 33.3 Å². The maximum atomic E-state index is 13.0. The third-order valence-electron chi connectivity index (χ3n) is 19.1. The highest BCUT2D eigenvalue weighted by atomic mass is 16.7. The number of carboxylic acid groups (broad SMARTS) is 1.